The van der Waals surface area contributed by atoms with E-state index >= 15 is 0 Å². The van der Waals surface area contributed by atoms with E-state index in [9.17, 15) is 13.7 Å². The lowest BCUT2D eigenvalue weighted by Gasteiger charge is -2.53. The first-order chi connectivity index (χ1) is 14.3. The van der Waals surface area contributed by atoms with Crippen LogP contribution in [0.1, 0.15) is 38.5 Å². The largest absolute Gasteiger partial charge is 0.301 e. The lowest BCUT2D eigenvalue weighted by Crippen LogP contribution is -2.69. The highest BCUT2D eigenvalue weighted by molar-refractivity contribution is 7.88. The van der Waals surface area contributed by atoms with Gasteiger partial charge in [0.2, 0.25) is 10.0 Å². The summed E-state index contributed by atoms with van der Waals surface area (Å²) >= 11 is 13.2. The molecule has 2 aliphatic heterocycles. The van der Waals surface area contributed by atoms with Gasteiger partial charge < -0.3 is 5.32 Å². The Kier molecular flexibility index (Phi) is 7.20. The van der Waals surface area contributed by atoms with Gasteiger partial charge in [-0.05, 0) is 50.4 Å². The molecule has 10 heteroatoms. The zero-order valence-corrected chi connectivity index (χ0v) is 19.8. The number of alkyl halides is 2. The first-order valence-electron chi connectivity index (χ1n) is 11.1. The molecule has 6 atom stereocenters. The molecule has 170 valence electrons. The number of hydrogen-bond acceptors (Lipinski definition) is 6. The summed E-state index contributed by atoms with van der Waals surface area (Å²) in [5, 5.41) is 17.3. The quantitative estimate of drug-likeness (QED) is 0.601. The van der Waals surface area contributed by atoms with Crippen LogP contribution in [0.4, 0.5) is 0 Å². The van der Waals surface area contributed by atoms with Crippen LogP contribution in [0.3, 0.4) is 0 Å². The van der Waals surface area contributed by atoms with Crippen molar-refractivity contribution in [1.29, 1.82) is 5.26 Å². The predicted octanol–water partition coefficient (Wildman–Crippen LogP) is 1.73. The number of nitrogens with one attached hydrogen (secondary N) is 2. The Balaban J connectivity index is 1.47. The van der Waals surface area contributed by atoms with Gasteiger partial charge in [-0.15, -0.1) is 23.2 Å². The van der Waals surface area contributed by atoms with Crippen molar-refractivity contribution in [2.75, 3.05) is 32.6 Å². The van der Waals surface area contributed by atoms with Crippen LogP contribution in [0, 0.1) is 29.1 Å². The third-order valence-corrected chi connectivity index (χ3v) is 9.95. The molecule has 6 unspecified atom stereocenters. The number of fused-ring (bicyclic) bond motifs is 1. The third-order valence-electron chi connectivity index (χ3n) is 7.72. The maximum Gasteiger partial charge on any atom is 0.212 e. The summed E-state index contributed by atoms with van der Waals surface area (Å²) in [6.07, 6.45) is 7.84. The van der Waals surface area contributed by atoms with Crippen molar-refractivity contribution in [3.05, 3.63) is 0 Å². The van der Waals surface area contributed by atoms with E-state index in [4.69, 9.17) is 23.2 Å². The first-order valence-corrected chi connectivity index (χ1v) is 13.9. The lowest BCUT2D eigenvalue weighted by molar-refractivity contribution is -0.00527. The Morgan fingerprint density at radius 3 is 2.43 bits per heavy atom. The molecular formula is C20H33Cl2N5O2S. The van der Waals surface area contributed by atoms with Crippen LogP contribution >= 0.6 is 23.2 Å². The summed E-state index contributed by atoms with van der Waals surface area (Å²) in [4.78, 5) is 2.29. The van der Waals surface area contributed by atoms with E-state index in [2.05, 4.69) is 21.6 Å². The van der Waals surface area contributed by atoms with Gasteiger partial charge in [0, 0.05) is 49.0 Å². The van der Waals surface area contributed by atoms with Crippen LogP contribution in [0.25, 0.3) is 0 Å². The normalized spacial score (nSPS) is 44.2. The van der Waals surface area contributed by atoms with Crippen LogP contribution in [0.2, 0.25) is 0 Å². The second-order valence-corrected chi connectivity index (χ2v) is 12.6. The number of halogens is 2. The fourth-order valence-corrected chi connectivity index (χ4v) is 7.93. The number of rotatable bonds is 3. The Hall–Kier alpha value is -0.140. The molecule has 0 aromatic rings. The Morgan fingerprint density at radius 2 is 1.77 bits per heavy atom. The van der Waals surface area contributed by atoms with Gasteiger partial charge in [0.15, 0.2) is 0 Å². The monoisotopic (exact) mass is 477 g/mol. The van der Waals surface area contributed by atoms with E-state index in [0.29, 0.717) is 55.5 Å². The molecular weight excluding hydrogens is 445 g/mol. The van der Waals surface area contributed by atoms with Crippen LogP contribution in [0.15, 0.2) is 0 Å². The molecule has 30 heavy (non-hydrogen) atoms. The fraction of sp³-hybridized carbons (Fsp3) is 0.950. The van der Waals surface area contributed by atoms with Gasteiger partial charge in [-0.2, -0.15) is 9.57 Å². The topological polar surface area (TPSA) is 88.5 Å². The number of piperazine rings is 1. The molecule has 4 rings (SSSR count). The molecule has 0 bridgehead atoms. The van der Waals surface area contributed by atoms with E-state index in [1.807, 2.05) is 0 Å². The van der Waals surface area contributed by atoms with Gasteiger partial charge in [-0.25, -0.2) is 8.42 Å². The Labute approximate surface area is 190 Å². The van der Waals surface area contributed by atoms with E-state index in [0.717, 1.165) is 38.5 Å². The maximum atomic E-state index is 12.1. The van der Waals surface area contributed by atoms with Crippen molar-refractivity contribution in [2.45, 2.75) is 67.5 Å². The molecule has 0 aromatic heterocycles. The minimum absolute atomic E-state index is 0.143. The highest BCUT2D eigenvalue weighted by Gasteiger charge is 2.47. The molecule has 2 aliphatic carbocycles. The summed E-state index contributed by atoms with van der Waals surface area (Å²) in [6, 6.07) is 1.92. The minimum Gasteiger partial charge on any atom is -0.301 e. The number of sulfonamides is 1. The Bertz CT molecular complexity index is 755. The Morgan fingerprint density at radius 1 is 1.03 bits per heavy atom. The van der Waals surface area contributed by atoms with Crippen molar-refractivity contribution < 1.29 is 8.42 Å². The van der Waals surface area contributed by atoms with Crippen molar-refractivity contribution in [3.8, 4) is 6.07 Å². The van der Waals surface area contributed by atoms with Gasteiger partial charge in [0.1, 0.15) is 6.04 Å². The van der Waals surface area contributed by atoms with Gasteiger partial charge >= 0.3 is 0 Å². The summed E-state index contributed by atoms with van der Waals surface area (Å²) in [5.41, 5.74) is 0. The average molecular weight is 478 g/mol. The van der Waals surface area contributed by atoms with Gasteiger partial charge in [-0.1, -0.05) is 0 Å². The van der Waals surface area contributed by atoms with Gasteiger partial charge in [0.25, 0.3) is 0 Å². The molecule has 2 saturated heterocycles. The number of nitriles is 1. The van der Waals surface area contributed by atoms with E-state index in [1.165, 1.54) is 10.6 Å². The summed E-state index contributed by atoms with van der Waals surface area (Å²) in [6.45, 7) is 2.15. The standard InChI is InChI=1S/C20H33Cl2N5O2S/c1-30(28,29)27-7-6-26(11-15(27)10-23)20-17-8-16(13-2-4-14(21)5-3-13)18(22)9-19(17)24-12-25-20/h13-20,24-25H,2-9,11-12H2,1H3. The van der Waals surface area contributed by atoms with Crippen LogP contribution in [-0.2, 0) is 10.0 Å². The van der Waals surface area contributed by atoms with Crippen molar-refractivity contribution in [1.82, 2.24) is 19.8 Å². The van der Waals surface area contributed by atoms with E-state index in [1.54, 1.807) is 0 Å². The predicted molar refractivity (Wildman–Crippen MR) is 119 cm³/mol. The second-order valence-electron chi connectivity index (χ2n) is 9.48. The molecule has 4 aliphatic rings. The van der Waals surface area contributed by atoms with Crippen molar-refractivity contribution >= 4 is 33.2 Å². The molecule has 0 aromatic carbocycles. The zero-order valence-electron chi connectivity index (χ0n) is 17.5. The minimum atomic E-state index is -3.38. The van der Waals surface area contributed by atoms with E-state index in [-0.39, 0.29) is 11.5 Å². The summed E-state index contributed by atoms with van der Waals surface area (Å²) < 4.78 is 25.4. The van der Waals surface area contributed by atoms with Crippen molar-refractivity contribution in [2.24, 2.45) is 17.8 Å². The molecule has 4 fully saturated rings. The SMILES string of the molecule is CS(=O)(=O)N1CCN(C2NCNC3CC(Cl)C(C4CCC(Cl)CC4)CC32)CC1C#N. The molecule has 0 spiro atoms. The lowest BCUT2D eigenvalue weighted by atomic mass is 9.67. The smallest absolute Gasteiger partial charge is 0.212 e. The molecule has 2 N–H and O–H groups in total. The summed E-state index contributed by atoms with van der Waals surface area (Å²) in [5.74, 6) is 1.53. The fourth-order valence-electron chi connectivity index (χ4n) is 6.18. The molecule has 0 amide bonds. The average Bonchev–Trinajstić information content (AvgIpc) is 2.72. The molecule has 2 heterocycles. The van der Waals surface area contributed by atoms with Crippen molar-refractivity contribution in [3.63, 3.8) is 0 Å². The maximum absolute atomic E-state index is 12.1. The highest BCUT2D eigenvalue weighted by atomic mass is 35.5. The number of hydrogen-bond donors (Lipinski definition) is 2. The second kappa shape index (κ2) is 9.38. The molecule has 0 radical (unpaired) electrons. The van der Waals surface area contributed by atoms with Crippen LogP contribution in [0.5, 0.6) is 0 Å². The van der Waals surface area contributed by atoms with E-state index < -0.39 is 16.1 Å². The van der Waals surface area contributed by atoms with Crippen LogP contribution < -0.4 is 10.6 Å². The molecule has 7 nitrogen and oxygen atoms in total. The highest BCUT2D eigenvalue weighted by Crippen LogP contribution is 2.45. The van der Waals surface area contributed by atoms with Crippen LogP contribution in [-0.4, -0.2) is 79.2 Å². The van der Waals surface area contributed by atoms with Gasteiger partial charge in [-0.3, -0.25) is 10.2 Å². The van der Waals surface area contributed by atoms with Gasteiger partial charge in [0.05, 0.1) is 18.5 Å². The molecule has 2 saturated carbocycles. The number of nitrogens with zero attached hydrogens (tertiary/aromatic N) is 3. The zero-order chi connectivity index (χ0) is 21.5. The third kappa shape index (κ3) is 4.78. The first kappa shape index (κ1) is 23.0. The summed E-state index contributed by atoms with van der Waals surface area (Å²) in [7, 11) is -3.38.